The molecule has 30 heavy (non-hydrogen) atoms. The number of aliphatic hydroxyl groups excluding tert-OH is 1. The summed E-state index contributed by atoms with van der Waals surface area (Å²) in [6.07, 6.45) is 4.60. The highest BCUT2D eigenvalue weighted by atomic mass is 16.5. The minimum absolute atomic E-state index is 0.214. The number of ether oxygens (including phenoxy) is 2. The van der Waals surface area contributed by atoms with Gasteiger partial charge >= 0.3 is 0 Å². The van der Waals surface area contributed by atoms with Crippen LogP contribution in [0.15, 0.2) is 48.5 Å². The highest BCUT2D eigenvalue weighted by Crippen LogP contribution is 2.47. The lowest BCUT2D eigenvalue weighted by molar-refractivity contribution is 0.0474. The Morgan fingerprint density at radius 2 is 1.83 bits per heavy atom. The first kappa shape index (κ1) is 21.2. The minimum atomic E-state index is -0.399. The zero-order valence-corrected chi connectivity index (χ0v) is 18.5. The van der Waals surface area contributed by atoms with Gasteiger partial charge in [0, 0.05) is 31.0 Å². The van der Waals surface area contributed by atoms with E-state index in [1.54, 1.807) is 7.11 Å². The van der Waals surface area contributed by atoms with Crippen LogP contribution in [0.5, 0.6) is 11.5 Å². The molecular weight excluding hydrogens is 374 g/mol. The molecule has 1 aliphatic carbocycles. The molecule has 1 heterocycles. The van der Waals surface area contributed by atoms with Crippen LogP contribution in [0.1, 0.15) is 56.6 Å². The van der Waals surface area contributed by atoms with Crippen molar-refractivity contribution in [2.45, 2.75) is 64.2 Å². The topological polar surface area (TPSA) is 41.9 Å². The molecule has 1 saturated carbocycles. The standard InChI is InChI=1S/C26H35NO3/c1-19(28)26(2)18-27(16-20-9-5-4-6-10-20)17-23(26)21-13-14-24(29-3)25(15-21)30-22-11-7-8-12-22/h4-6,9-10,13-15,19,22-23,28H,7-8,11-12,16-18H2,1-3H3/t19?,23-,26-/m0/s1. The quantitative estimate of drug-likeness (QED) is 0.698. The van der Waals surface area contributed by atoms with Gasteiger partial charge in [-0.2, -0.15) is 0 Å². The van der Waals surface area contributed by atoms with E-state index in [1.165, 1.54) is 24.0 Å². The summed E-state index contributed by atoms with van der Waals surface area (Å²) in [5.74, 6) is 1.87. The van der Waals surface area contributed by atoms with Crippen molar-refractivity contribution in [1.29, 1.82) is 0 Å². The van der Waals surface area contributed by atoms with E-state index in [2.05, 4.69) is 54.3 Å². The molecule has 2 aromatic carbocycles. The van der Waals surface area contributed by atoms with E-state index in [4.69, 9.17) is 9.47 Å². The van der Waals surface area contributed by atoms with Crippen molar-refractivity contribution in [1.82, 2.24) is 4.90 Å². The average Bonchev–Trinajstić information content (AvgIpc) is 3.37. The fourth-order valence-electron chi connectivity index (χ4n) is 5.18. The highest BCUT2D eigenvalue weighted by molar-refractivity contribution is 5.45. The van der Waals surface area contributed by atoms with Crippen LogP contribution in [0.3, 0.4) is 0 Å². The number of nitrogens with zero attached hydrogens (tertiary/aromatic N) is 1. The lowest BCUT2D eigenvalue weighted by atomic mass is 9.72. The van der Waals surface area contributed by atoms with Gasteiger partial charge in [-0.1, -0.05) is 43.3 Å². The molecule has 0 spiro atoms. The second-order valence-corrected chi connectivity index (χ2v) is 9.32. The van der Waals surface area contributed by atoms with E-state index in [0.717, 1.165) is 44.0 Å². The van der Waals surface area contributed by atoms with Crippen LogP contribution in [0, 0.1) is 5.41 Å². The van der Waals surface area contributed by atoms with Gasteiger partial charge < -0.3 is 14.6 Å². The molecule has 1 unspecified atom stereocenters. The van der Waals surface area contributed by atoms with Crippen LogP contribution in [0.25, 0.3) is 0 Å². The molecular formula is C26H35NO3. The summed E-state index contributed by atoms with van der Waals surface area (Å²) in [4.78, 5) is 2.47. The van der Waals surface area contributed by atoms with Gasteiger partial charge in [0.15, 0.2) is 11.5 Å². The number of hydrogen-bond donors (Lipinski definition) is 1. The number of hydrogen-bond acceptors (Lipinski definition) is 4. The molecule has 1 saturated heterocycles. The highest BCUT2D eigenvalue weighted by Gasteiger charge is 2.47. The summed E-state index contributed by atoms with van der Waals surface area (Å²) in [6, 6.07) is 16.9. The smallest absolute Gasteiger partial charge is 0.161 e. The molecule has 0 amide bonds. The van der Waals surface area contributed by atoms with Crippen molar-refractivity contribution in [3.8, 4) is 11.5 Å². The van der Waals surface area contributed by atoms with Crippen molar-refractivity contribution in [2.75, 3.05) is 20.2 Å². The van der Waals surface area contributed by atoms with Crippen LogP contribution in [0.4, 0.5) is 0 Å². The second kappa shape index (κ2) is 8.99. The fourth-order valence-corrected chi connectivity index (χ4v) is 5.18. The maximum atomic E-state index is 10.7. The van der Waals surface area contributed by atoms with Crippen LogP contribution >= 0.6 is 0 Å². The van der Waals surface area contributed by atoms with E-state index in [0.29, 0.717) is 0 Å². The number of benzene rings is 2. The number of rotatable bonds is 7. The zero-order valence-electron chi connectivity index (χ0n) is 18.5. The van der Waals surface area contributed by atoms with E-state index in [1.807, 2.05) is 13.0 Å². The van der Waals surface area contributed by atoms with Crippen molar-refractivity contribution in [2.24, 2.45) is 5.41 Å². The van der Waals surface area contributed by atoms with Crippen molar-refractivity contribution in [3.63, 3.8) is 0 Å². The first-order valence-electron chi connectivity index (χ1n) is 11.3. The van der Waals surface area contributed by atoms with Crippen LogP contribution in [-0.4, -0.2) is 42.4 Å². The molecule has 2 aromatic rings. The Labute approximate surface area is 180 Å². The molecule has 0 bridgehead atoms. The van der Waals surface area contributed by atoms with E-state index < -0.39 is 6.10 Å². The van der Waals surface area contributed by atoms with Crippen LogP contribution in [0.2, 0.25) is 0 Å². The molecule has 4 heteroatoms. The Bertz CT molecular complexity index is 831. The summed E-state index contributed by atoms with van der Waals surface area (Å²) in [7, 11) is 1.70. The van der Waals surface area contributed by atoms with Crippen molar-refractivity contribution in [3.05, 3.63) is 59.7 Å². The molecule has 1 N–H and O–H groups in total. The first-order chi connectivity index (χ1) is 14.5. The Balaban J connectivity index is 1.59. The van der Waals surface area contributed by atoms with E-state index in [9.17, 15) is 5.11 Å². The number of aliphatic hydroxyl groups is 1. The first-order valence-corrected chi connectivity index (χ1v) is 11.3. The molecule has 0 aromatic heterocycles. The Kier molecular flexibility index (Phi) is 6.35. The van der Waals surface area contributed by atoms with Gasteiger partial charge in [0.1, 0.15) is 0 Å². The largest absolute Gasteiger partial charge is 0.493 e. The average molecular weight is 410 g/mol. The molecule has 0 radical (unpaired) electrons. The normalized spacial score (nSPS) is 26.1. The summed E-state index contributed by atoms with van der Waals surface area (Å²) >= 11 is 0. The predicted octanol–water partition coefficient (Wildman–Crippen LogP) is 5.00. The molecule has 2 fully saturated rings. The lowest BCUT2D eigenvalue weighted by Crippen LogP contribution is -2.37. The fraction of sp³-hybridized carbons (Fsp3) is 0.538. The molecule has 4 rings (SSSR count). The summed E-state index contributed by atoms with van der Waals surface area (Å²) < 4.78 is 11.9. The molecule has 3 atom stereocenters. The Morgan fingerprint density at radius 3 is 2.50 bits per heavy atom. The maximum Gasteiger partial charge on any atom is 0.161 e. The Morgan fingerprint density at radius 1 is 1.10 bits per heavy atom. The lowest BCUT2D eigenvalue weighted by Gasteiger charge is -2.34. The summed E-state index contributed by atoms with van der Waals surface area (Å²) in [5.41, 5.74) is 2.32. The molecule has 1 aliphatic heterocycles. The van der Waals surface area contributed by atoms with Crippen LogP contribution < -0.4 is 9.47 Å². The third kappa shape index (κ3) is 4.35. The monoisotopic (exact) mass is 409 g/mol. The van der Waals surface area contributed by atoms with E-state index >= 15 is 0 Å². The van der Waals surface area contributed by atoms with Gasteiger partial charge in [0.05, 0.1) is 19.3 Å². The zero-order chi connectivity index (χ0) is 21.1. The maximum absolute atomic E-state index is 10.7. The van der Waals surface area contributed by atoms with Gasteiger partial charge in [-0.25, -0.2) is 0 Å². The third-order valence-electron chi connectivity index (χ3n) is 7.19. The molecule has 162 valence electrons. The minimum Gasteiger partial charge on any atom is -0.493 e. The van der Waals surface area contributed by atoms with Gasteiger partial charge in [0.25, 0.3) is 0 Å². The van der Waals surface area contributed by atoms with Crippen LogP contribution in [-0.2, 0) is 6.54 Å². The van der Waals surface area contributed by atoms with E-state index in [-0.39, 0.29) is 17.4 Å². The predicted molar refractivity (Wildman–Crippen MR) is 120 cm³/mol. The van der Waals surface area contributed by atoms with Gasteiger partial charge in [-0.3, -0.25) is 4.90 Å². The van der Waals surface area contributed by atoms with Crippen molar-refractivity contribution < 1.29 is 14.6 Å². The van der Waals surface area contributed by atoms with Gasteiger partial charge in [0.2, 0.25) is 0 Å². The molecule has 4 nitrogen and oxygen atoms in total. The van der Waals surface area contributed by atoms with Gasteiger partial charge in [-0.15, -0.1) is 0 Å². The summed E-state index contributed by atoms with van der Waals surface area (Å²) in [5, 5.41) is 10.7. The number of methoxy groups -OCH3 is 1. The second-order valence-electron chi connectivity index (χ2n) is 9.32. The summed E-state index contributed by atoms with van der Waals surface area (Å²) in [6.45, 7) is 6.84. The van der Waals surface area contributed by atoms with Crippen molar-refractivity contribution >= 4 is 0 Å². The third-order valence-corrected chi connectivity index (χ3v) is 7.19. The van der Waals surface area contributed by atoms with Gasteiger partial charge in [-0.05, 0) is 55.9 Å². The Hall–Kier alpha value is -2.04. The number of likely N-dealkylation sites (tertiary alicyclic amines) is 1. The molecule has 2 aliphatic rings. The SMILES string of the molecule is COc1ccc([C@@H]2CN(Cc3ccccc3)C[C@@]2(C)C(C)O)cc1OC1CCCC1.